The molecule has 7 heteroatoms. The van der Waals surface area contributed by atoms with E-state index in [1.54, 1.807) is 14.2 Å². The summed E-state index contributed by atoms with van der Waals surface area (Å²) in [6, 6.07) is 12.0. The zero-order valence-electron chi connectivity index (χ0n) is 19.1. The Labute approximate surface area is 188 Å². The third-order valence-corrected chi connectivity index (χ3v) is 5.86. The highest BCUT2D eigenvalue weighted by Crippen LogP contribution is 2.39. The van der Waals surface area contributed by atoms with E-state index in [1.165, 1.54) is 5.56 Å². The number of nitrogens with one attached hydrogen (secondary N) is 3. The van der Waals surface area contributed by atoms with Gasteiger partial charge in [-0.25, -0.2) is 0 Å². The Morgan fingerprint density at radius 3 is 2.62 bits per heavy atom. The second-order valence-electron chi connectivity index (χ2n) is 8.39. The predicted molar refractivity (Wildman–Crippen MR) is 126 cm³/mol. The van der Waals surface area contributed by atoms with E-state index in [0.29, 0.717) is 17.2 Å². The number of fused-ring (bicyclic) bond motifs is 1. The van der Waals surface area contributed by atoms with Crippen LogP contribution in [0.15, 0.2) is 36.4 Å². The maximum atomic E-state index is 12.2. The lowest BCUT2D eigenvalue weighted by atomic mass is 9.96. The van der Waals surface area contributed by atoms with Crippen LogP contribution in [0.25, 0.3) is 22.2 Å². The number of amides is 1. The first kappa shape index (κ1) is 22.0. The molecule has 0 spiro atoms. The van der Waals surface area contributed by atoms with Gasteiger partial charge in [-0.15, -0.1) is 0 Å². The summed E-state index contributed by atoms with van der Waals surface area (Å²) >= 11 is 0. The summed E-state index contributed by atoms with van der Waals surface area (Å²) in [6.07, 6.45) is 0.956. The van der Waals surface area contributed by atoms with Gasteiger partial charge >= 0.3 is 0 Å². The number of hydrogen-bond donors (Lipinski definition) is 3. The molecule has 3 N–H and O–H groups in total. The minimum Gasteiger partial charge on any atom is -0.493 e. The normalized spacial score (nSPS) is 15.8. The zero-order chi connectivity index (χ0) is 22.7. The molecule has 2 heterocycles. The van der Waals surface area contributed by atoms with Gasteiger partial charge in [-0.3, -0.25) is 4.79 Å². The number of aromatic nitrogens is 1. The van der Waals surface area contributed by atoms with E-state index in [0.717, 1.165) is 41.7 Å². The topological polar surface area (TPSA) is 84.6 Å². The Morgan fingerprint density at radius 1 is 1.12 bits per heavy atom. The van der Waals surface area contributed by atoms with E-state index in [2.05, 4.69) is 29.5 Å². The predicted octanol–water partition coefficient (Wildman–Crippen LogP) is 3.83. The smallest absolute Gasteiger partial charge is 0.258 e. The molecule has 1 saturated heterocycles. The van der Waals surface area contributed by atoms with Gasteiger partial charge in [-0.05, 0) is 60.8 Å². The minimum absolute atomic E-state index is 0.00593. The van der Waals surface area contributed by atoms with E-state index >= 15 is 0 Å². The first-order valence-corrected chi connectivity index (χ1v) is 11.0. The highest BCUT2D eigenvalue weighted by atomic mass is 16.5. The Bertz CT molecular complexity index is 1100. The summed E-state index contributed by atoms with van der Waals surface area (Å²) in [5, 5.41) is 7.34. The van der Waals surface area contributed by atoms with Gasteiger partial charge in [0.05, 0.1) is 19.9 Å². The monoisotopic (exact) mass is 437 g/mol. The number of rotatable bonds is 8. The first-order valence-electron chi connectivity index (χ1n) is 11.0. The number of ether oxygens (including phenoxy) is 3. The maximum absolute atomic E-state index is 12.2. The molecule has 1 aliphatic heterocycles. The van der Waals surface area contributed by atoms with Crippen molar-refractivity contribution in [2.24, 2.45) is 0 Å². The fraction of sp³-hybridized carbons (Fsp3) is 0.400. The molecule has 1 fully saturated rings. The lowest BCUT2D eigenvalue weighted by Gasteiger charge is -2.13. The molecule has 1 amide bonds. The standard InChI is InChI=1S/C25H31N3O4/c1-15(2)24-19-12-18(32-14-23(29)27-17-9-10-26-13-17)6-7-20(19)28-25(24)16-5-8-21(30-3)22(11-16)31-4/h5-8,11-12,15,17,26,28H,9-10,13-14H2,1-4H3,(H,27,29)/t17-/m1/s1. The lowest BCUT2D eigenvalue weighted by molar-refractivity contribution is -0.123. The summed E-state index contributed by atoms with van der Waals surface area (Å²) in [7, 11) is 3.27. The van der Waals surface area contributed by atoms with Crippen molar-refractivity contribution in [3.05, 3.63) is 42.0 Å². The van der Waals surface area contributed by atoms with Crippen LogP contribution in [0, 0.1) is 0 Å². The third-order valence-electron chi connectivity index (χ3n) is 5.86. The van der Waals surface area contributed by atoms with Crippen molar-refractivity contribution < 1.29 is 19.0 Å². The van der Waals surface area contributed by atoms with Gasteiger partial charge in [0.15, 0.2) is 18.1 Å². The number of benzene rings is 2. The molecule has 0 radical (unpaired) electrons. The van der Waals surface area contributed by atoms with Crippen LogP contribution in [0.3, 0.4) is 0 Å². The molecule has 4 rings (SSSR count). The quantitative estimate of drug-likeness (QED) is 0.499. The second-order valence-corrected chi connectivity index (χ2v) is 8.39. The van der Waals surface area contributed by atoms with E-state index in [9.17, 15) is 4.79 Å². The second kappa shape index (κ2) is 9.53. The van der Waals surface area contributed by atoms with E-state index in [4.69, 9.17) is 14.2 Å². The Morgan fingerprint density at radius 2 is 1.94 bits per heavy atom. The van der Waals surface area contributed by atoms with Crippen LogP contribution in [-0.4, -0.2) is 50.8 Å². The van der Waals surface area contributed by atoms with Crippen LogP contribution in [-0.2, 0) is 4.79 Å². The van der Waals surface area contributed by atoms with Gasteiger partial charge in [0.25, 0.3) is 5.91 Å². The third kappa shape index (κ3) is 4.53. The molecule has 7 nitrogen and oxygen atoms in total. The van der Waals surface area contributed by atoms with Gasteiger partial charge in [0.1, 0.15) is 5.75 Å². The first-order chi connectivity index (χ1) is 15.5. The lowest BCUT2D eigenvalue weighted by Crippen LogP contribution is -2.39. The summed E-state index contributed by atoms with van der Waals surface area (Å²) in [6.45, 7) is 6.10. The van der Waals surface area contributed by atoms with E-state index in [-0.39, 0.29) is 24.5 Å². The summed E-state index contributed by atoms with van der Waals surface area (Å²) in [4.78, 5) is 15.8. The van der Waals surface area contributed by atoms with E-state index < -0.39 is 0 Å². The molecule has 2 aromatic carbocycles. The van der Waals surface area contributed by atoms with Crippen molar-refractivity contribution >= 4 is 16.8 Å². The maximum Gasteiger partial charge on any atom is 0.258 e. The molecule has 1 aromatic heterocycles. The van der Waals surface area contributed by atoms with Crippen molar-refractivity contribution in [2.75, 3.05) is 33.9 Å². The fourth-order valence-corrected chi connectivity index (χ4v) is 4.30. The van der Waals surface area contributed by atoms with Gasteiger partial charge in [0, 0.05) is 29.1 Å². The fourth-order valence-electron chi connectivity index (χ4n) is 4.30. The average Bonchev–Trinajstić information content (AvgIpc) is 3.44. The minimum atomic E-state index is -0.0945. The number of carbonyl (C=O) groups excluding carboxylic acids is 1. The molecular formula is C25H31N3O4. The number of aromatic amines is 1. The van der Waals surface area contributed by atoms with Gasteiger partial charge in [0.2, 0.25) is 0 Å². The molecule has 0 bridgehead atoms. The van der Waals surface area contributed by atoms with Crippen LogP contribution in [0.5, 0.6) is 17.2 Å². The van der Waals surface area contributed by atoms with Gasteiger partial charge in [-0.2, -0.15) is 0 Å². The Balaban J connectivity index is 1.60. The van der Waals surface area contributed by atoms with Crippen molar-refractivity contribution in [1.29, 1.82) is 0 Å². The average molecular weight is 438 g/mol. The Kier molecular flexibility index (Phi) is 6.55. The van der Waals surface area contributed by atoms with Crippen molar-refractivity contribution in [3.63, 3.8) is 0 Å². The molecule has 0 aliphatic carbocycles. The molecule has 3 aromatic rings. The SMILES string of the molecule is COc1ccc(-c2[nH]c3ccc(OCC(=O)N[C@@H]4CCNC4)cc3c2C(C)C)cc1OC. The van der Waals surface area contributed by atoms with Crippen LogP contribution in [0.1, 0.15) is 31.7 Å². The van der Waals surface area contributed by atoms with Crippen molar-refractivity contribution in [1.82, 2.24) is 15.6 Å². The van der Waals surface area contributed by atoms with Crippen LogP contribution in [0.4, 0.5) is 0 Å². The molecule has 170 valence electrons. The molecule has 0 saturated carbocycles. The molecule has 1 atom stereocenters. The number of carbonyl (C=O) groups is 1. The van der Waals surface area contributed by atoms with Gasteiger partial charge in [-0.1, -0.05) is 13.8 Å². The number of methoxy groups -OCH3 is 2. The number of H-pyrrole nitrogens is 1. The zero-order valence-corrected chi connectivity index (χ0v) is 19.1. The molecular weight excluding hydrogens is 406 g/mol. The highest BCUT2D eigenvalue weighted by molar-refractivity contribution is 5.92. The van der Waals surface area contributed by atoms with Crippen LogP contribution < -0.4 is 24.8 Å². The molecule has 32 heavy (non-hydrogen) atoms. The van der Waals surface area contributed by atoms with E-state index in [1.807, 2.05) is 36.4 Å². The van der Waals surface area contributed by atoms with Crippen LogP contribution >= 0.6 is 0 Å². The Hall–Kier alpha value is -3.19. The summed E-state index contributed by atoms with van der Waals surface area (Å²) in [5.74, 6) is 2.24. The highest BCUT2D eigenvalue weighted by Gasteiger charge is 2.19. The summed E-state index contributed by atoms with van der Waals surface area (Å²) < 4.78 is 16.7. The van der Waals surface area contributed by atoms with Crippen LogP contribution in [0.2, 0.25) is 0 Å². The van der Waals surface area contributed by atoms with Crippen molar-refractivity contribution in [2.45, 2.75) is 32.2 Å². The summed E-state index contributed by atoms with van der Waals surface area (Å²) in [5.41, 5.74) is 4.28. The largest absolute Gasteiger partial charge is 0.493 e. The van der Waals surface area contributed by atoms with Gasteiger partial charge < -0.3 is 29.8 Å². The molecule has 1 aliphatic rings. The van der Waals surface area contributed by atoms with Crippen molar-refractivity contribution in [3.8, 4) is 28.5 Å². The molecule has 0 unspecified atom stereocenters. The number of hydrogen-bond acceptors (Lipinski definition) is 5.